The molecule has 0 saturated heterocycles. The number of nitrogens with zero attached hydrogens (tertiary/aromatic N) is 3. The van der Waals surface area contributed by atoms with Gasteiger partial charge < -0.3 is 10.1 Å². The van der Waals surface area contributed by atoms with Crippen LogP contribution < -0.4 is 5.32 Å². The van der Waals surface area contributed by atoms with Gasteiger partial charge in [-0.25, -0.2) is 9.67 Å². The molecular formula is C18H20N4O2. The second kappa shape index (κ2) is 6.80. The summed E-state index contributed by atoms with van der Waals surface area (Å²) in [6, 6.07) is 11.6. The van der Waals surface area contributed by atoms with Crippen molar-refractivity contribution in [3.63, 3.8) is 0 Å². The third-order valence-electron chi connectivity index (χ3n) is 3.78. The van der Waals surface area contributed by atoms with E-state index < -0.39 is 0 Å². The minimum absolute atomic E-state index is 0.140. The van der Waals surface area contributed by atoms with Crippen LogP contribution in [0.4, 0.5) is 0 Å². The molecule has 0 spiro atoms. The Bertz CT molecular complexity index is 872. The van der Waals surface area contributed by atoms with E-state index in [2.05, 4.69) is 15.4 Å². The summed E-state index contributed by atoms with van der Waals surface area (Å²) in [5.41, 5.74) is 3.75. The zero-order valence-corrected chi connectivity index (χ0v) is 14.0. The second-order valence-electron chi connectivity index (χ2n) is 5.59. The molecule has 0 saturated carbocycles. The normalized spacial score (nSPS) is 11.0. The summed E-state index contributed by atoms with van der Waals surface area (Å²) < 4.78 is 6.76. The molecule has 0 aliphatic rings. The van der Waals surface area contributed by atoms with Crippen molar-refractivity contribution in [1.29, 1.82) is 0 Å². The molecule has 2 heterocycles. The Morgan fingerprint density at radius 2 is 2.00 bits per heavy atom. The summed E-state index contributed by atoms with van der Waals surface area (Å²) in [4.78, 5) is 17.2. The van der Waals surface area contributed by atoms with Crippen molar-refractivity contribution < 1.29 is 9.53 Å². The van der Waals surface area contributed by atoms with Crippen LogP contribution in [0.15, 0.2) is 36.4 Å². The molecule has 0 fully saturated rings. The highest BCUT2D eigenvalue weighted by atomic mass is 16.5. The number of fused-ring (bicyclic) bond motifs is 1. The van der Waals surface area contributed by atoms with Crippen LogP contribution in [0.5, 0.6) is 0 Å². The number of benzene rings is 1. The molecular weight excluding hydrogens is 304 g/mol. The first kappa shape index (κ1) is 16.1. The first-order valence-electron chi connectivity index (χ1n) is 7.81. The summed E-state index contributed by atoms with van der Waals surface area (Å²) >= 11 is 0. The van der Waals surface area contributed by atoms with E-state index in [9.17, 15) is 4.79 Å². The van der Waals surface area contributed by atoms with Crippen LogP contribution in [0.25, 0.3) is 16.7 Å². The van der Waals surface area contributed by atoms with Gasteiger partial charge in [0.15, 0.2) is 5.65 Å². The molecule has 0 unspecified atom stereocenters. The van der Waals surface area contributed by atoms with Crippen LogP contribution in [-0.4, -0.2) is 40.9 Å². The quantitative estimate of drug-likeness (QED) is 0.732. The first-order valence-corrected chi connectivity index (χ1v) is 7.81. The van der Waals surface area contributed by atoms with E-state index in [1.54, 1.807) is 17.9 Å². The van der Waals surface area contributed by atoms with Crippen molar-refractivity contribution in [2.75, 3.05) is 20.3 Å². The molecule has 0 aliphatic heterocycles. The number of nitrogens with one attached hydrogen (secondary N) is 1. The van der Waals surface area contributed by atoms with E-state index >= 15 is 0 Å². The number of carbonyl (C=O) groups excluding carboxylic acids is 1. The van der Waals surface area contributed by atoms with Crippen LogP contribution in [0, 0.1) is 13.8 Å². The Morgan fingerprint density at radius 3 is 2.71 bits per heavy atom. The average molecular weight is 324 g/mol. The number of aromatic nitrogens is 3. The van der Waals surface area contributed by atoms with Crippen molar-refractivity contribution in [3.8, 4) is 5.69 Å². The number of para-hydroxylation sites is 1. The lowest BCUT2D eigenvalue weighted by Gasteiger charge is -2.08. The van der Waals surface area contributed by atoms with Gasteiger partial charge in [0.2, 0.25) is 0 Å². The number of aryl methyl sites for hydroxylation is 2. The Morgan fingerprint density at radius 1 is 1.25 bits per heavy atom. The highest BCUT2D eigenvalue weighted by Crippen LogP contribution is 2.24. The molecule has 0 aliphatic carbocycles. The lowest BCUT2D eigenvalue weighted by molar-refractivity contribution is 0.0938. The van der Waals surface area contributed by atoms with E-state index in [0.29, 0.717) is 24.4 Å². The smallest absolute Gasteiger partial charge is 0.252 e. The molecule has 0 radical (unpaired) electrons. The predicted molar refractivity (Wildman–Crippen MR) is 92.5 cm³/mol. The SMILES string of the molecule is COCCNC(=O)c1cc(C)nc2c1c(C)nn2-c1ccccc1. The van der Waals surface area contributed by atoms with Crippen molar-refractivity contribution >= 4 is 16.9 Å². The molecule has 6 nitrogen and oxygen atoms in total. The molecule has 124 valence electrons. The molecule has 6 heteroatoms. The molecule has 1 amide bonds. The molecule has 1 N–H and O–H groups in total. The lowest BCUT2D eigenvalue weighted by Crippen LogP contribution is -2.27. The highest BCUT2D eigenvalue weighted by Gasteiger charge is 2.19. The second-order valence-corrected chi connectivity index (χ2v) is 5.59. The van der Waals surface area contributed by atoms with Crippen LogP contribution in [-0.2, 0) is 4.74 Å². The van der Waals surface area contributed by atoms with Crippen molar-refractivity contribution in [1.82, 2.24) is 20.1 Å². The molecule has 0 atom stereocenters. The van der Waals surface area contributed by atoms with E-state index in [-0.39, 0.29) is 5.91 Å². The zero-order chi connectivity index (χ0) is 17.1. The fraction of sp³-hybridized carbons (Fsp3) is 0.278. The molecule has 0 bridgehead atoms. The summed E-state index contributed by atoms with van der Waals surface area (Å²) in [6.07, 6.45) is 0. The standard InChI is InChI=1S/C18H20N4O2/c1-12-11-15(18(23)19-9-10-24-3)16-13(2)21-22(17(16)20-12)14-7-5-4-6-8-14/h4-8,11H,9-10H2,1-3H3,(H,19,23). The van der Waals surface area contributed by atoms with Gasteiger partial charge in [0.05, 0.1) is 28.9 Å². The maximum absolute atomic E-state index is 12.6. The Labute approximate surface area is 140 Å². The van der Waals surface area contributed by atoms with E-state index in [1.165, 1.54) is 0 Å². The van der Waals surface area contributed by atoms with Crippen molar-refractivity contribution in [3.05, 3.63) is 53.3 Å². The number of rotatable bonds is 5. The average Bonchev–Trinajstić information content (AvgIpc) is 2.91. The monoisotopic (exact) mass is 324 g/mol. The number of pyridine rings is 1. The van der Waals surface area contributed by atoms with Gasteiger partial charge in [-0.1, -0.05) is 18.2 Å². The van der Waals surface area contributed by atoms with E-state index in [0.717, 1.165) is 22.5 Å². The molecule has 3 rings (SSSR count). The topological polar surface area (TPSA) is 69.0 Å². The predicted octanol–water partition coefficient (Wildman–Crippen LogP) is 2.41. The number of carbonyl (C=O) groups is 1. The number of amides is 1. The van der Waals surface area contributed by atoms with Gasteiger partial charge in [0.25, 0.3) is 5.91 Å². The van der Waals surface area contributed by atoms with Gasteiger partial charge in [-0.3, -0.25) is 4.79 Å². The Balaban J connectivity index is 2.12. The molecule has 24 heavy (non-hydrogen) atoms. The summed E-state index contributed by atoms with van der Waals surface area (Å²) in [5, 5.41) is 8.23. The maximum Gasteiger partial charge on any atom is 0.252 e. The number of ether oxygens (including phenoxy) is 1. The zero-order valence-electron chi connectivity index (χ0n) is 14.0. The van der Waals surface area contributed by atoms with Gasteiger partial charge in [0, 0.05) is 19.3 Å². The van der Waals surface area contributed by atoms with Crippen LogP contribution in [0.3, 0.4) is 0 Å². The van der Waals surface area contributed by atoms with E-state index in [1.807, 2.05) is 44.2 Å². The minimum atomic E-state index is -0.140. The summed E-state index contributed by atoms with van der Waals surface area (Å²) in [7, 11) is 1.61. The maximum atomic E-state index is 12.6. The Hall–Kier alpha value is -2.73. The molecule has 1 aromatic carbocycles. The lowest BCUT2D eigenvalue weighted by atomic mass is 10.1. The first-order chi connectivity index (χ1) is 11.6. The highest BCUT2D eigenvalue weighted by molar-refractivity contribution is 6.06. The van der Waals surface area contributed by atoms with Crippen LogP contribution >= 0.6 is 0 Å². The van der Waals surface area contributed by atoms with E-state index in [4.69, 9.17) is 4.74 Å². The third-order valence-corrected chi connectivity index (χ3v) is 3.78. The van der Waals surface area contributed by atoms with Gasteiger partial charge in [-0.15, -0.1) is 0 Å². The minimum Gasteiger partial charge on any atom is -0.383 e. The van der Waals surface area contributed by atoms with Gasteiger partial charge >= 0.3 is 0 Å². The van der Waals surface area contributed by atoms with Gasteiger partial charge in [-0.2, -0.15) is 5.10 Å². The third kappa shape index (κ3) is 3.00. The van der Waals surface area contributed by atoms with Gasteiger partial charge in [-0.05, 0) is 32.0 Å². The fourth-order valence-corrected chi connectivity index (χ4v) is 2.70. The Kier molecular flexibility index (Phi) is 4.57. The molecule has 3 aromatic rings. The van der Waals surface area contributed by atoms with Crippen molar-refractivity contribution in [2.45, 2.75) is 13.8 Å². The van der Waals surface area contributed by atoms with Crippen LogP contribution in [0.2, 0.25) is 0 Å². The molecule has 2 aromatic heterocycles. The summed E-state index contributed by atoms with van der Waals surface area (Å²) in [6.45, 7) is 4.71. The number of hydrogen-bond acceptors (Lipinski definition) is 4. The largest absolute Gasteiger partial charge is 0.383 e. The van der Waals surface area contributed by atoms with Crippen LogP contribution in [0.1, 0.15) is 21.7 Å². The number of methoxy groups -OCH3 is 1. The summed E-state index contributed by atoms with van der Waals surface area (Å²) in [5.74, 6) is -0.140. The fourth-order valence-electron chi connectivity index (χ4n) is 2.70. The van der Waals surface area contributed by atoms with Crippen molar-refractivity contribution in [2.24, 2.45) is 0 Å². The van der Waals surface area contributed by atoms with Gasteiger partial charge in [0.1, 0.15) is 0 Å². The number of hydrogen-bond donors (Lipinski definition) is 1.